The fourth-order valence-electron chi connectivity index (χ4n) is 1.72. The average molecular weight is 362 g/mol. The molecule has 1 heterocycles. The third kappa shape index (κ3) is 3.51. The summed E-state index contributed by atoms with van der Waals surface area (Å²) >= 11 is 3.01. The molecule has 0 saturated carbocycles. The minimum absolute atomic E-state index is 0.0703. The van der Waals surface area contributed by atoms with Gasteiger partial charge in [0.1, 0.15) is 0 Å². The summed E-state index contributed by atoms with van der Waals surface area (Å²) in [5.41, 5.74) is 4.74. The summed E-state index contributed by atoms with van der Waals surface area (Å²) in [7, 11) is 0. The van der Waals surface area contributed by atoms with E-state index in [-0.39, 0.29) is 17.3 Å². The number of nitrogens with zero attached hydrogens (tertiary/aromatic N) is 2. The van der Waals surface area contributed by atoms with E-state index in [9.17, 15) is 13.2 Å². The predicted molar refractivity (Wildman–Crippen MR) is 74.2 cm³/mol. The average Bonchev–Trinajstić information content (AvgIpc) is 2.87. The van der Waals surface area contributed by atoms with E-state index in [0.717, 1.165) is 6.07 Å². The Balaban J connectivity index is 2.45. The molecule has 0 radical (unpaired) electrons. The van der Waals surface area contributed by atoms with Crippen LogP contribution in [0.4, 0.5) is 13.2 Å². The van der Waals surface area contributed by atoms with Crippen molar-refractivity contribution in [3.63, 3.8) is 0 Å². The summed E-state index contributed by atoms with van der Waals surface area (Å²) < 4.78 is 44.4. The summed E-state index contributed by atoms with van der Waals surface area (Å²) in [5.74, 6) is -0.0784. The molecule has 112 valence electrons. The van der Waals surface area contributed by atoms with Crippen molar-refractivity contribution in [2.75, 3.05) is 0 Å². The molecule has 2 aromatic rings. The first-order valence-electron chi connectivity index (χ1n) is 5.90. The van der Waals surface area contributed by atoms with Crippen LogP contribution in [0.25, 0.3) is 11.4 Å². The topological polar surface area (TPSA) is 64.9 Å². The van der Waals surface area contributed by atoms with Gasteiger partial charge in [-0.1, -0.05) is 27.2 Å². The quantitative estimate of drug-likeness (QED) is 0.832. The molecule has 0 aliphatic rings. The van der Waals surface area contributed by atoms with Crippen LogP contribution in [0.5, 0.6) is 0 Å². The second-order valence-corrected chi connectivity index (χ2v) is 5.19. The molecule has 4 nitrogen and oxygen atoms in total. The maximum absolute atomic E-state index is 13.1. The van der Waals surface area contributed by atoms with Gasteiger partial charge in [0.05, 0.1) is 11.6 Å². The SMILES string of the molecule is C=CCC(N)c1nc(-c2ccc(Br)cc2C(F)(F)F)no1. The molecule has 0 aliphatic carbocycles. The van der Waals surface area contributed by atoms with Gasteiger partial charge in [-0.2, -0.15) is 18.2 Å². The van der Waals surface area contributed by atoms with E-state index in [4.69, 9.17) is 10.3 Å². The molecular formula is C13H11BrF3N3O. The predicted octanol–water partition coefficient (Wildman–Crippen LogP) is 4.09. The lowest BCUT2D eigenvalue weighted by Gasteiger charge is -2.10. The van der Waals surface area contributed by atoms with Crippen molar-refractivity contribution in [1.82, 2.24) is 10.1 Å². The Kier molecular flexibility index (Phi) is 4.48. The van der Waals surface area contributed by atoms with Crippen molar-refractivity contribution in [3.8, 4) is 11.4 Å². The molecular weight excluding hydrogens is 351 g/mol. The van der Waals surface area contributed by atoms with Crippen LogP contribution < -0.4 is 5.73 Å². The highest BCUT2D eigenvalue weighted by Crippen LogP contribution is 2.37. The maximum atomic E-state index is 13.1. The minimum Gasteiger partial charge on any atom is -0.337 e. The third-order valence-electron chi connectivity index (χ3n) is 2.71. The largest absolute Gasteiger partial charge is 0.417 e. The van der Waals surface area contributed by atoms with Gasteiger partial charge in [-0.15, -0.1) is 6.58 Å². The molecule has 1 aromatic carbocycles. The Hall–Kier alpha value is -1.67. The smallest absolute Gasteiger partial charge is 0.337 e. The zero-order chi connectivity index (χ0) is 15.6. The first-order chi connectivity index (χ1) is 9.82. The second kappa shape index (κ2) is 5.98. The molecule has 8 heteroatoms. The summed E-state index contributed by atoms with van der Waals surface area (Å²) in [6, 6.07) is 3.13. The molecule has 0 amide bonds. The molecule has 1 atom stereocenters. The van der Waals surface area contributed by atoms with Crippen molar-refractivity contribution in [2.45, 2.75) is 18.6 Å². The van der Waals surface area contributed by atoms with E-state index in [2.05, 4.69) is 32.6 Å². The number of halogens is 4. The van der Waals surface area contributed by atoms with Gasteiger partial charge in [-0.05, 0) is 24.6 Å². The van der Waals surface area contributed by atoms with E-state index in [0.29, 0.717) is 10.9 Å². The van der Waals surface area contributed by atoms with Gasteiger partial charge in [0.25, 0.3) is 0 Å². The van der Waals surface area contributed by atoms with Gasteiger partial charge in [-0.3, -0.25) is 0 Å². The fourth-order valence-corrected chi connectivity index (χ4v) is 2.08. The van der Waals surface area contributed by atoms with E-state index in [1.54, 1.807) is 6.08 Å². The molecule has 2 N–H and O–H groups in total. The number of rotatable bonds is 4. The lowest BCUT2D eigenvalue weighted by Crippen LogP contribution is -2.10. The third-order valence-corrected chi connectivity index (χ3v) is 3.20. The van der Waals surface area contributed by atoms with Crippen molar-refractivity contribution in [2.24, 2.45) is 5.73 Å². The Morgan fingerprint density at radius 2 is 2.14 bits per heavy atom. The molecule has 0 spiro atoms. The molecule has 21 heavy (non-hydrogen) atoms. The van der Waals surface area contributed by atoms with Crippen LogP contribution in [-0.4, -0.2) is 10.1 Å². The van der Waals surface area contributed by atoms with Crippen LogP contribution in [0, 0.1) is 0 Å². The van der Waals surface area contributed by atoms with Crippen LogP contribution in [0.2, 0.25) is 0 Å². The Morgan fingerprint density at radius 3 is 2.76 bits per heavy atom. The lowest BCUT2D eigenvalue weighted by atomic mass is 10.1. The van der Waals surface area contributed by atoms with Crippen LogP contribution >= 0.6 is 15.9 Å². The van der Waals surface area contributed by atoms with Crippen LogP contribution in [-0.2, 0) is 6.18 Å². The number of hydrogen-bond donors (Lipinski definition) is 1. The molecule has 1 aromatic heterocycles. The normalized spacial score (nSPS) is 13.2. The Labute approximate surface area is 127 Å². The number of benzene rings is 1. The van der Waals surface area contributed by atoms with Crippen molar-refractivity contribution in [1.29, 1.82) is 0 Å². The molecule has 0 bridgehead atoms. The second-order valence-electron chi connectivity index (χ2n) is 4.27. The number of alkyl halides is 3. The minimum atomic E-state index is -4.52. The fraction of sp³-hybridized carbons (Fsp3) is 0.231. The lowest BCUT2D eigenvalue weighted by molar-refractivity contribution is -0.137. The number of hydrogen-bond acceptors (Lipinski definition) is 4. The van der Waals surface area contributed by atoms with E-state index < -0.39 is 17.8 Å². The van der Waals surface area contributed by atoms with Crippen LogP contribution in [0.3, 0.4) is 0 Å². The van der Waals surface area contributed by atoms with Gasteiger partial charge < -0.3 is 10.3 Å². The summed E-state index contributed by atoms with van der Waals surface area (Å²) in [6.45, 7) is 3.52. The molecule has 1 unspecified atom stereocenters. The standard InChI is InChI=1S/C13H11BrF3N3O/c1-2-3-10(18)12-19-11(20-21-12)8-5-4-7(14)6-9(8)13(15,16)17/h2,4-6,10H,1,3,18H2. The number of aromatic nitrogens is 2. The highest BCUT2D eigenvalue weighted by molar-refractivity contribution is 9.10. The molecule has 0 fully saturated rings. The van der Waals surface area contributed by atoms with Gasteiger partial charge in [-0.25, -0.2) is 0 Å². The van der Waals surface area contributed by atoms with E-state index >= 15 is 0 Å². The van der Waals surface area contributed by atoms with Crippen LogP contribution in [0.1, 0.15) is 23.9 Å². The highest BCUT2D eigenvalue weighted by Gasteiger charge is 2.35. The van der Waals surface area contributed by atoms with Crippen LogP contribution in [0.15, 0.2) is 39.8 Å². The molecule has 0 saturated heterocycles. The molecule has 0 aliphatic heterocycles. The van der Waals surface area contributed by atoms with Crippen molar-refractivity contribution < 1.29 is 17.7 Å². The Morgan fingerprint density at radius 1 is 1.43 bits per heavy atom. The monoisotopic (exact) mass is 361 g/mol. The van der Waals surface area contributed by atoms with Gasteiger partial charge >= 0.3 is 6.18 Å². The van der Waals surface area contributed by atoms with Gasteiger partial charge in [0.15, 0.2) is 0 Å². The zero-order valence-corrected chi connectivity index (χ0v) is 12.3. The number of nitrogens with two attached hydrogens (primary N) is 1. The molecule has 2 rings (SSSR count). The zero-order valence-electron chi connectivity index (χ0n) is 10.7. The van der Waals surface area contributed by atoms with Gasteiger partial charge in [0.2, 0.25) is 11.7 Å². The van der Waals surface area contributed by atoms with E-state index in [1.165, 1.54) is 12.1 Å². The highest BCUT2D eigenvalue weighted by atomic mass is 79.9. The summed E-state index contributed by atoms with van der Waals surface area (Å²) in [5, 5.41) is 3.58. The first-order valence-corrected chi connectivity index (χ1v) is 6.69. The van der Waals surface area contributed by atoms with Gasteiger partial charge in [0, 0.05) is 10.0 Å². The van der Waals surface area contributed by atoms with Crippen molar-refractivity contribution in [3.05, 3.63) is 46.8 Å². The summed E-state index contributed by atoms with van der Waals surface area (Å²) in [4.78, 5) is 3.94. The maximum Gasteiger partial charge on any atom is 0.417 e. The van der Waals surface area contributed by atoms with E-state index in [1.807, 2.05) is 0 Å². The first kappa shape index (κ1) is 15.7. The summed E-state index contributed by atoms with van der Waals surface area (Å²) in [6.07, 6.45) is -2.58. The Bertz CT molecular complexity index is 654. The van der Waals surface area contributed by atoms with Crippen molar-refractivity contribution >= 4 is 15.9 Å².